The summed E-state index contributed by atoms with van der Waals surface area (Å²) in [4.78, 5) is 9.74. The Labute approximate surface area is 67.7 Å². The summed E-state index contributed by atoms with van der Waals surface area (Å²) >= 11 is 3.05. The molecule has 0 fully saturated rings. The molecule has 0 aromatic carbocycles. The number of alkyl halides is 1. The van der Waals surface area contributed by atoms with Crippen molar-refractivity contribution in [1.29, 1.82) is 0 Å². The van der Waals surface area contributed by atoms with E-state index in [4.69, 9.17) is 0 Å². The van der Waals surface area contributed by atoms with Crippen molar-refractivity contribution in [2.75, 3.05) is 0 Å². The molecular formula is C7H8BrFO. The van der Waals surface area contributed by atoms with Gasteiger partial charge in [-0.3, -0.25) is 0 Å². The third-order valence-electron chi connectivity index (χ3n) is 0.808. The van der Waals surface area contributed by atoms with Crippen molar-refractivity contribution in [3.8, 4) is 0 Å². The quantitative estimate of drug-likeness (QED) is 0.510. The standard InChI is InChI=1S/C7H8BrFO/c1-6(8)3-2-4-7(9)5-10/h2-3,5,7H,1,4H2/b3-2-/t7-/m0/s1. The molecule has 0 rings (SSSR count). The van der Waals surface area contributed by atoms with Gasteiger partial charge in [0.1, 0.15) is 0 Å². The van der Waals surface area contributed by atoms with Gasteiger partial charge in [0.2, 0.25) is 0 Å². The molecule has 1 nitrogen and oxygen atoms in total. The van der Waals surface area contributed by atoms with Gasteiger partial charge in [-0.1, -0.05) is 34.7 Å². The number of hydrogen-bond donors (Lipinski definition) is 0. The van der Waals surface area contributed by atoms with Crippen molar-refractivity contribution in [3.05, 3.63) is 23.2 Å². The average Bonchev–Trinajstić information content (AvgIpc) is 1.87. The predicted octanol–water partition coefficient (Wildman–Crippen LogP) is 2.38. The molecule has 1 atom stereocenters. The number of carbonyl (C=O) groups excluding carboxylic acids is 1. The van der Waals surface area contributed by atoms with Crippen LogP contribution in [0.3, 0.4) is 0 Å². The van der Waals surface area contributed by atoms with Crippen LogP contribution in [0.15, 0.2) is 23.2 Å². The highest BCUT2D eigenvalue weighted by atomic mass is 79.9. The molecule has 0 heterocycles. The van der Waals surface area contributed by atoms with Crippen molar-refractivity contribution in [1.82, 2.24) is 0 Å². The van der Waals surface area contributed by atoms with Crippen LogP contribution in [0, 0.1) is 0 Å². The topological polar surface area (TPSA) is 17.1 Å². The molecule has 0 N–H and O–H groups in total. The van der Waals surface area contributed by atoms with Crippen molar-refractivity contribution >= 4 is 22.2 Å². The zero-order chi connectivity index (χ0) is 7.98. The molecule has 0 aromatic heterocycles. The molecule has 0 radical (unpaired) electrons. The molecule has 0 aliphatic carbocycles. The summed E-state index contributed by atoms with van der Waals surface area (Å²) in [7, 11) is 0. The van der Waals surface area contributed by atoms with Crippen LogP contribution in [0.4, 0.5) is 4.39 Å². The first-order valence-electron chi connectivity index (χ1n) is 2.77. The lowest BCUT2D eigenvalue weighted by atomic mass is 10.3. The summed E-state index contributed by atoms with van der Waals surface area (Å²) in [5.74, 6) is 0. The maximum Gasteiger partial charge on any atom is 0.159 e. The van der Waals surface area contributed by atoms with Crippen LogP contribution in [-0.2, 0) is 4.79 Å². The number of allylic oxidation sites excluding steroid dienone is 3. The van der Waals surface area contributed by atoms with E-state index in [1.165, 1.54) is 0 Å². The third kappa shape index (κ3) is 5.69. The summed E-state index contributed by atoms with van der Waals surface area (Å²) < 4.78 is 12.8. The maximum atomic E-state index is 12.1. The molecule has 0 unspecified atom stereocenters. The van der Waals surface area contributed by atoms with Crippen LogP contribution < -0.4 is 0 Å². The first kappa shape index (κ1) is 9.56. The highest BCUT2D eigenvalue weighted by Crippen LogP contribution is 2.04. The van der Waals surface area contributed by atoms with E-state index in [-0.39, 0.29) is 12.7 Å². The van der Waals surface area contributed by atoms with Gasteiger partial charge in [0.05, 0.1) is 0 Å². The minimum Gasteiger partial charge on any atom is -0.300 e. The Bertz CT molecular complexity index is 154. The Morgan fingerprint density at radius 2 is 2.40 bits per heavy atom. The Balaban J connectivity index is 3.52. The van der Waals surface area contributed by atoms with Gasteiger partial charge in [-0.2, -0.15) is 0 Å². The van der Waals surface area contributed by atoms with Crippen LogP contribution in [0.1, 0.15) is 6.42 Å². The summed E-state index contributed by atoms with van der Waals surface area (Å²) in [6, 6.07) is 0. The lowest BCUT2D eigenvalue weighted by Gasteiger charge is -1.90. The van der Waals surface area contributed by atoms with E-state index >= 15 is 0 Å². The average molecular weight is 207 g/mol. The molecule has 0 aromatic rings. The van der Waals surface area contributed by atoms with Crippen molar-refractivity contribution < 1.29 is 9.18 Å². The van der Waals surface area contributed by atoms with Crippen LogP contribution in [0.25, 0.3) is 0 Å². The second-order valence-electron chi connectivity index (χ2n) is 1.74. The first-order valence-corrected chi connectivity index (χ1v) is 3.56. The summed E-state index contributed by atoms with van der Waals surface area (Å²) in [5.41, 5.74) is 0. The van der Waals surface area contributed by atoms with E-state index in [0.29, 0.717) is 4.48 Å². The maximum absolute atomic E-state index is 12.1. The number of hydrogen-bond acceptors (Lipinski definition) is 1. The molecule has 0 amide bonds. The van der Waals surface area contributed by atoms with Gasteiger partial charge < -0.3 is 4.79 Å². The molecule has 0 bridgehead atoms. The van der Waals surface area contributed by atoms with Gasteiger partial charge in [-0.15, -0.1) is 0 Å². The second-order valence-corrected chi connectivity index (χ2v) is 2.76. The molecule has 3 heteroatoms. The van der Waals surface area contributed by atoms with Gasteiger partial charge in [-0.05, 0) is 0 Å². The minimum atomic E-state index is -1.39. The van der Waals surface area contributed by atoms with Crippen molar-refractivity contribution in [3.63, 3.8) is 0 Å². The third-order valence-corrected chi connectivity index (χ3v) is 1.07. The van der Waals surface area contributed by atoms with Crippen LogP contribution in [0.2, 0.25) is 0 Å². The van der Waals surface area contributed by atoms with Gasteiger partial charge >= 0.3 is 0 Å². The Morgan fingerprint density at radius 3 is 2.80 bits per heavy atom. The molecule has 0 spiro atoms. The first-order chi connectivity index (χ1) is 4.66. The second kappa shape index (κ2) is 5.35. The zero-order valence-electron chi connectivity index (χ0n) is 5.39. The fourth-order valence-electron chi connectivity index (χ4n) is 0.381. The van der Waals surface area contributed by atoms with Crippen molar-refractivity contribution in [2.24, 2.45) is 0 Å². The van der Waals surface area contributed by atoms with Gasteiger partial charge in [0.25, 0.3) is 0 Å². The largest absolute Gasteiger partial charge is 0.300 e. The van der Waals surface area contributed by atoms with E-state index < -0.39 is 6.17 Å². The Morgan fingerprint density at radius 1 is 1.80 bits per heavy atom. The number of rotatable bonds is 4. The monoisotopic (exact) mass is 206 g/mol. The number of halogens is 2. The molecule has 0 saturated heterocycles. The fourth-order valence-corrected chi connectivity index (χ4v) is 0.568. The molecule has 0 aliphatic rings. The predicted molar refractivity (Wildman–Crippen MR) is 42.8 cm³/mol. The van der Waals surface area contributed by atoms with Gasteiger partial charge in [-0.25, -0.2) is 4.39 Å². The zero-order valence-corrected chi connectivity index (χ0v) is 6.97. The lowest BCUT2D eigenvalue weighted by molar-refractivity contribution is -0.111. The van der Waals surface area contributed by atoms with Crippen molar-refractivity contribution in [2.45, 2.75) is 12.6 Å². The molecule has 0 aliphatic heterocycles. The molecule has 0 saturated carbocycles. The summed E-state index contributed by atoms with van der Waals surface area (Å²) in [6.45, 7) is 3.50. The van der Waals surface area contributed by atoms with Crippen LogP contribution >= 0.6 is 15.9 Å². The summed E-state index contributed by atoms with van der Waals surface area (Å²) in [5, 5.41) is 0. The Kier molecular flexibility index (Phi) is 5.12. The smallest absolute Gasteiger partial charge is 0.159 e. The van der Waals surface area contributed by atoms with E-state index in [2.05, 4.69) is 22.5 Å². The van der Waals surface area contributed by atoms with Crippen LogP contribution in [-0.4, -0.2) is 12.5 Å². The Hall–Kier alpha value is -0.440. The highest BCUT2D eigenvalue weighted by molar-refractivity contribution is 9.11. The number of carbonyl (C=O) groups is 1. The van der Waals surface area contributed by atoms with E-state index in [0.717, 1.165) is 0 Å². The van der Waals surface area contributed by atoms with E-state index in [9.17, 15) is 9.18 Å². The van der Waals surface area contributed by atoms with E-state index in [1.807, 2.05) is 0 Å². The van der Waals surface area contributed by atoms with Gasteiger partial charge in [0.15, 0.2) is 12.5 Å². The molecular weight excluding hydrogens is 199 g/mol. The summed E-state index contributed by atoms with van der Waals surface area (Å²) in [6.07, 6.45) is 2.17. The number of aldehydes is 1. The van der Waals surface area contributed by atoms with E-state index in [1.54, 1.807) is 12.2 Å². The molecule has 56 valence electrons. The fraction of sp³-hybridized carbons (Fsp3) is 0.286. The normalized spacial score (nSPS) is 13.4. The van der Waals surface area contributed by atoms with Gasteiger partial charge in [0, 0.05) is 10.9 Å². The minimum absolute atomic E-state index is 0.119. The SMILES string of the molecule is C=C(Br)/C=C\C[C@H](F)C=O. The van der Waals surface area contributed by atoms with Crippen LogP contribution in [0.5, 0.6) is 0 Å². The highest BCUT2D eigenvalue weighted by Gasteiger charge is 1.98. The lowest BCUT2D eigenvalue weighted by Crippen LogP contribution is -1.97. The molecule has 10 heavy (non-hydrogen) atoms.